The molecule has 118 valence electrons. The minimum Gasteiger partial charge on any atom is -0.349 e. The van der Waals surface area contributed by atoms with E-state index in [1.54, 1.807) is 4.90 Å². The molecule has 6 heteroatoms. The fraction of sp³-hybridized carbons (Fsp3) is 0.667. The Balaban J connectivity index is 1.78. The van der Waals surface area contributed by atoms with E-state index in [4.69, 9.17) is 0 Å². The summed E-state index contributed by atoms with van der Waals surface area (Å²) in [5.41, 5.74) is 0. The lowest BCUT2D eigenvalue weighted by atomic mass is 10.2. The third-order valence-corrected chi connectivity index (χ3v) is 5.71. The molecular formula is C15H26BrN3OS+2. The van der Waals surface area contributed by atoms with Gasteiger partial charge in [0.1, 0.15) is 32.7 Å². The highest BCUT2D eigenvalue weighted by atomic mass is 79.9. The van der Waals surface area contributed by atoms with E-state index in [0.29, 0.717) is 0 Å². The molecule has 1 aromatic rings. The van der Waals surface area contributed by atoms with E-state index < -0.39 is 0 Å². The summed E-state index contributed by atoms with van der Waals surface area (Å²) < 4.78 is 1.21. The topological polar surface area (TPSA) is 38.0 Å². The van der Waals surface area contributed by atoms with Crippen molar-refractivity contribution in [1.29, 1.82) is 0 Å². The van der Waals surface area contributed by atoms with Crippen LogP contribution in [0.15, 0.2) is 15.9 Å². The molecule has 0 saturated carbocycles. The summed E-state index contributed by atoms with van der Waals surface area (Å²) in [6, 6.07) is 4.62. The van der Waals surface area contributed by atoms with E-state index in [1.165, 1.54) is 13.6 Å². The highest BCUT2D eigenvalue weighted by Crippen LogP contribution is 2.21. The van der Waals surface area contributed by atoms with Crippen LogP contribution in [-0.2, 0) is 11.3 Å². The normalized spacial score (nSPS) is 24.0. The maximum Gasteiger partial charge on any atom is 0.278 e. The number of rotatable bonds is 5. The van der Waals surface area contributed by atoms with Gasteiger partial charge in [-0.15, -0.1) is 11.3 Å². The van der Waals surface area contributed by atoms with Crippen molar-refractivity contribution in [2.45, 2.75) is 39.4 Å². The Hall–Kier alpha value is -0.430. The molecule has 1 fully saturated rings. The van der Waals surface area contributed by atoms with Crippen LogP contribution in [0.3, 0.4) is 0 Å². The zero-order valence-corrected chi connectivity index (χ0v) is 15.4. The number of quaternary nitrogens is 2. The zero-order chi connectivity index (χ0) is 15.4. The van der Waals surface area contributed by atoms with Crippen molar-refractivity contribution in [3.05, 3.63) is 20.8 Å². The van der Waals surface area contributed by atoms with Crippen molar-refractivity contribution in [3.8, 4) is 0 Å². The Labute approximate surface area is 139 Å². The predicted octanol–water partition coefficient (Wildman–Crippen LogP) is -0.293. The first kappa shape index (κ1) is 16.9. The second-order valence-corrected chi connectivity index (χ2v) is 8.72. The minimum absolute atomic E-state index is 0.0600. The van der Waals surface area contributed by atoms with E-state index in [2.05, 4.69) is 40.3 Å². The fourth-order valence-electron chi connectivity index (χ4n) is 2.82. The Morgan fingerprint density at radius 2 is 1.95 bits per heavy atom. The first-order valence-corrected chi connectivity index (χ1v) is 9.29. The maximum atomic E-state index is 12.1. The SMILES string of the molecule is CC(C)NC(=O)[C@H](C)[NH+]1CC[NH+](Cc2ccc(Br)s2)CC1. The molecule has 21 heavy (non-hydrogen) atoms. The number of amides is 1. The van der Waals surface area contributed by atoms with Gasteiger partial charge in [-0.25, -0.2) is 0 Å². The Morgan fingerprint density at radius 3 is 2.48 bits per heavy atom. The van der Waals surface area contributed by atoms with Crippen molar-refractivity contribution >= 4 is 33.2 Å². The molecule has 1 atom stereocenters. The van der Waals surface area contributed by atoms with Crippen molar-refractivity contribution in [2.75, 3.05) is 26.2 Å². The summed E-state index contributed by atoms with van der Waals surface area (Å²) in [7, 11) is 0. The molecule has 1 amide bonds. The van der Waals surface area contributed by atoms with Crippen LogP contribution in [0, 0.1) is 0 Å². The number of halogens is 1. The van der Waals surface area contributed by atoms with Gasteiger partial charge in [0.2, 0.25) is 0 Å². The third-order valence-electron chi connectivity index (χ3n) is 4.09. The lowest BCUT2D eigenvalue weighted by Gasteiger charge is -2.32. The summed E-state index contributed by atoms with van der Waals surface area (Å²) in [5, 5.41) is 3.02. The fourth-order valence-corrected chi connectivity index (χ4v) is 4.38. The van der Waals surface area contributed by atoms with Crippen LogP contribution in [0.1, 0.15) is 25.6 Å². The number of carbonyl (C=O) groups is 1. The third kappa shape index (κ3) is 5.06. The van der Waals surface area contributed by atoms with Gasteiger partial charge in [0.05, 0.1) is 8.66 Å². The van der Waals surface area contributed by atoms with Crippen molar-refractivity contribution in [1.82, 2.24) is 5.32 Å². The standard InChI is InChI=1S/C15H24BrN3OS/c1-11(2)17-15(20)12(3)19-8-6-18(7-9-19)10-13-4-5-14(16)21-13/h4-5,11-12H,6-10H2,1-3H3,(H,17,20)/p+2/t12-/m0/s1. The van der Waals surface area contributed by atoms with E-state index in [0.717, 1.165) is 32.7 Å². The maximum absolute atomic E-state index is 12.1. The van der Waals surface area contributed by atoms with Crippen LogP contribution in [-0.4, -0.2) is 44.2 Å². The van der Waals surface area contributed by atoms with E-state index in [1.807, 2.05) is 25.2 Å². The summed E-state index contributed by atoms with van der Waals surface area (Å²) in [5.74, 6) is 0.186. The number of carbonyl (C=O) groups excluding carboxylic acids is 1. The van der Waals surface area contributed by atoms with Crippen LogP contribution in [0.25, 0.3) is 0 Å². The Kier molecular flexibility index (Phi) is 6.22. The van der Waals surface area contributed by atoms with Crippen molar-refractivity contribution in [2.24, 2.45) is 0 Å². The molecule has 3 N–H and O–H groups in total. The lowest BCUT2D eigenvalue weighted by Crippen LogP contribution is -3.29. The highest BCUT2D eigenvalue weighted by molar-refractivity contribution is 9.11. The van der Waals surface area contributed by atoms with Gasteiger partial charge in [-0.2, -0.15) is 0 Å². The molecule has 1 aliphatic rings. The van der Waals surface area contributed by atoms with Gasteiger partial charge >= 0.3 is 0 Å². The molecule has 0 aromatic carbocycles. The second-order valence-electron chi connectivity index (χ2n) is 6.18. The molecule has 4 nitrogen and oxygen atoms in total. The minimum atomic E-state index is 0.0600. The zero-order valence-electron chi connectivity index (χ0n) is 13.0. The summed E-state index contributed by atoms with van der Waals surface area (Å²) in [6.07, 6.45) is 0. The first-order chi connectivity index (χ1) is 9.95. The van der Waals surface area contributed by atoms with Crippen molar-refractivity contribution < 1.29 is 14.6 Å². The Bertz CT molecular complexity index is 469. The first-order valence-electron chi connectivity index (χ1n) is 7.68. The van der Waals surface area contributed by atoms with E-state index in [-0.39, 0.29) is 18.0 Å². The molecule has 2 rings (SSSR count). The number of nitrogens with one attached hydrogen (secondary N) is 3. The Morgan fingerprint density at radius 1 is 1.29 bits per heavy atom. The molecule has 0 aliphatic carbocycles. The average molecular weight is 376 g/mol. The van der Waals surface area contributed by atoms with Crippen LogP contribution >= 0.6 is 27.3 Å². The van der Waals surface area contributed by atoms with E-state index >= 15 is 0 Å². The molecule has 0 radical (unpaired) electrons. The molecule has 1 aliphatic heterocycles. The summed E-state index contributed by atoms with van der Waals surface area (Å²) in [6.45, 7) is 11.6. The summed E-state index contributed by atoms with van der Waals surface area (Å²) >= 11 is 5.35. The molecular weight excluding hydrogens is 350 g/mol. The van der Waals surface area contributed by atoms with Gasteiger partial charge in [0, 0.05) is 6.04 Å². The largest absolute Gasteiger partial charge is 0.349 e. The molecule has 1 saturated heterocycles. The number of hydrogen-bond donors (Lipinski definition) is 3. The van der Waals surface area contributed by atoms with Crippen LogP contribution in [0.2, 0.25) is 0 Å². The van der Waals surface area contributed by atoms with Gasteiger partial charge in [-0.05, 0) is 48.8 Å². The molecule has 2 heterocycles. The predicted molar refractivity (Wildman–Crippen MR) is 89.9 cm³/mol. The van der Waals surface area contributed by atoms with Gasteiger partial charge < -0.3 is 15.1 Å². The van der Waals surface area contributed by atoms with Gasteiger partial charge in [0.15, 0.2) is 6.04 Å². The van der Waals surface area contributed by atoms with E-state index in [9.17, 15) is 4.79 Å². The van der Waals surface area contributed by atoms with Crippen LogP contribution in [0.5, 0.6) is 0 Å². The molecule has 0 bridgehead atoms. The molecule has 0 spiro atoms. The number of hydrogen-bond acceptors (Lipinski definition) is 2. The summed E-state index contributed by atoms with van der Waals surface area (Å²) in [4.78, 5) is 16.6. The second kappa shape index (κ2) is 7.72. The van der Waals surface area contributed by atoms with Gasteiger partial charge in [-0.1, -0.05) is 0 Å². The van der Waals surface area contributed by atoms with Crippen molar-refractivity contribution in [3.63, 3.8) is 0 Å². The quantitative estimate of drug-likeness (QED) is 0.649. The molecule has 1 aromatic heterocycles. The lowest BCUT2D eigenvalue weighted by molar-refractivity contribution is -1.02. The number of piperazine rings is 1. The van der Waals surface area contributed by atoms with Gasteiger partial charge in [-0.3, -0.25) is 4.79 Å². The smallest absolute Gasteiger partial charge is 0.278 e. The van der Waals surface area contributed by atoms with Gasteiger partial charge in [0.25, 0.3) is 5.91 Å². The number of thiophene rings is 1. The molecule has 0 unspecified atom stereocenters. The highest BCUT2D eigenvalue weighted by Gasteiger charge is 2.31. The monoisotopic (exact) mass is 375 g/mol. The van der Waals surface area contributed by atoms with Crippen LogP contribution < -0.4 is 15.1 Å². The van der Waals surface area contributed by atoms with Crippen LogP contribution in [0.4, 0.5) is 0 Å². The average Bonchev–Trinajstić information content (AvgIpc) is 2.83.